The zero-order valence-electron chi connectivity index (χ0n) is 17.1. The summed E-state index contributed by atoms with van der Waals surface area (Å²) in [6.45, 7) is 1.45. The van der Waals surface area contributed by atoms with Gasteiger partial charge in [0.05, 0.1) is 18.2 Å². The van der Waals surface area contributed by atoms with Crippen LogP contribution in [0, 0.1) is 0 Å². The van der Waals surface area contributed by atoms with E-state index in [1.54, 1.807) is 6.92 Å². The Morgan fingerprint density at radius 3 is 2.66 bits per heavy atom. The van der Waals surface area contributed by atoms with E-state index in [1.807, 2.05) is 0 Å². The molecule has 3 atom stereocenters. The smallest absolute Gasteiger partial charge is 0.242 e. The summed E-state index contributed by atoms with van der Waals surface area (Å²) in [4.78, 5) is 0.108. The number of nitrogens with two attached hydrogens (primary N) is 2. The van der Waals surface area contributed by atoms with Gasteiger partial charge in [0.2, 0.25) is 25.9 Å². The molecule has 0 amide bonds. The lowest BCUT2D eigenvalue weighted by Gasteiger charge is -2.35. The first-order chi connectivity index (χ1) is 15.0. The molecule has 0 aliphatic carbocycles. The van der Waals surface area contributed by atoms with Crippen molar-refractivity contribution in [3.05, 3.63) is 12.1 Å². The van der Waals surface area contributed by atoms with E-state index in [4.69, 9.17) is 10.9 Å². The number of rotatable bonds is 8. The SMILES string of the molecule is CCC(O)CNS(=O)(=O)c1ccc(N2CCC(N)C(F)C2)c(-c2nn[nH]n2)c1S(N)(=O)=O. The minimum absolute atomic E-state index is 0.150. The van der Waals surface area contributed by atoms with Gasteiger partial charge in [-0.1, -0.05) is 6.92 Å². The molecule has 0 saturated carbocycles. The Hall–Kier alpha value is -2.24. The second-order valence-corrected chi connectivity index (χ2v) is 10.6. The number of aromatic nitrogens is 4. The maximum absolute atomic E-state index is 14.3. The van der Waals surface area contributed by atoms with Crippen molar-refractivity contribution in [1.29, 1.82) is 0 Å². The Morgan fingerprint density at radius 2 is 2.09 bits per heavy atom. The Bertz CT molecular complexity index is 1160. The molecule has 32 heavy (non-hydrogen) atoms. The van der Waals surface area contributed by atoms with Crippen molar-refractivity contribution < 1.29 is 26.3 Å². The highest BCUT2D eigenvalue weighted by molar-refractivity contribution is 7.92. The first-order valence-electron chi connectivity index (χ1n) is 9.71. The maximum Gasteiger partial charge on any atom is 0.242 e. The lowest BCUT2D eigenvalue weighted by atomic mass is 10.0. The van der Waals surface area contributed by atoms with Gasteiger partial charge >= 0.3 is 0 Å². The fraction of sp³-hybridized carbons (Fsp3) is 0.562. The highest BCUT2D eigenvalue weighted by Gasteiger charge is 2.35. The molecule has 13 nitrogen and oxygen atoms in total. The molecule has 2 heterocycles. The molecule has 1 aliphatic heterocycles. The molecule has 3 unspecified atom stereocenters. The van der Waals surface area contributed by atoms with Gasteiger partial charge in [0, 0.05) is 24.8 Å². The predicted molar refractivity (Wildman–Crippen MR) is 112 cm³/mol. The number of aliphatic hydroxyl groups excluding tert-OH is 1. The van der Waals surface area contributed by atoms with E-state index in [1.165, 1.54) is 11.0 Å². The lowest BCUT2D eigenvalue weighted by molar-refractivity contribution is 0.174. The number of aromatic amines is 1. The summed E-state index contributed by atoms with van der Waals surface area (Å²) >= 11 is 0. The molecule has 0 bridgehead atoms. The monoisotopic (exact) mass is 492 g/mol. The fourth-order valence-corrected chi connectivity index (χ4v) is 6.03. The number of H-pyrrole nitrogens is 1. The number of hydrogen-bond acceptors (Lipinski definition) is 10. The van der Waals surface area contributed by atoms with Crippen LogP contribution in [0.1, 0.15) is 19.8 Å². The van der Waals surface area contributed by atoms with Crippen LogP contribution >= 0.6 is 0 Å². The van der Waals surface area contributed by atoms with E-state index in [-0.39, 0.29) is 49.6 Å². The van der Waals surface area contributed by atoms with Crippen molar-refractivity contribution in [1.82, 2.24) is 25.3 Å². The van der Waals surface area contributed by atoms with Crippen LogP contribution in [-0.4, -0.2) is 80.5 Å². The molecule has 0 radical (unpaired) electrons. The van der Waals surface area contributed by atoms with E-state index in [0.717, 1.165) is 6.07 Å². The van der Waals surface area contributed by atoms with Crippen LogP contribution in [-0.2, 0) is 20.0 Å². The molecule has 178 valence electrons. The largest absolute Gasteiger partial charge is 0.392 e. The van der Waals surface area contributed by atoms with Crippen molar-refractivity contribution in [3.63, 3.8) is 0 Å². The normalized spacial score (nSPS) is 21.0. The highest BCUT2D eigenvalue weighted by Crippen LogP contribution is 2.39. The van der Waals surface area contributed by atoms with Crippen molar-refractivity contribution in [2.75, 3.05) is 24.5 Å². The zero-order chi connectivity index (χ0) is 23.7. The van der Waals surface area contributed by atoms with Crippen LogP contribution in [0.3, 0.4) is 0 Å². The van der Waals surface area contributed by atoms with Crippen LogP contribution in [0.15, 0.2) is 21.9 Å². The number of alkyl halides is 1. The highest BCUT2D eigenvalue weighted by atomic mass is 32.2. The van der Waals surface area contributed by atoms with Gasteiger partial charge in [0.1, 0.15) is 16.0 Å². The maximum atomic E-state index is 14.3. The number of halogens is 1. The fourth-order valence-electron chi connectivity index (χ4n) is 3.36. The van der Waals surface area contributed by atoms with Crippen LogP contribution in [0.5, 0.6) is 0 Å². The number of sulfonamides is 2. The van der Waals surface area contributed by atoms with Crippen LogP contribution < -0.4 is 20.5 Å². The predicted octanol–water partition coefficient (Wildman–Crippen LogP) is -1.56. The Morgan fingerprint density at radius 1 is 1.38 bits per heavy atom. The van der Waals surface area contributed by atoms with E-state index < -0.39 is 48.2 Å². The summed E-state index contributed by atoms with van der Waals surface area (Å²) in [6.07, 6.45) is -1.80. The first kappa shape index (κ1) is 24.4. The first-order valence-corrected chi connectivity index (χ1v) is 12.7. The summed E-state index contributed by atoms with van der Waals surface area (Å²) in [7, 11) is -9.08. The molecule has 1 aromatic carbocycles. The summed E-state index contributed by atoms with van der Waals surface area (Å²) in [5.41, 5.74) is 5.67. The number of benzene rings is 1. The molecule has 0 spiro atoms. The summed E-state index contributed by atoms with van der Waals surface area (Å²) in [6, 6.07) is 1.71. The molecule has 7 N–H and O–H groups in total. The number of hydrogen-bond donors (Lipinski definition) is 5. The van der Waals surface area contributed by atoms with E-state index in [0.29, 0.717) is 0 Å². The number of primary sulfonamides is 1. The summed E-state index contributed by atoms with van der Waals surface area (Å²) in [5.74, 6) is -0.236. The van der Waals surface area contributed by atoms with Gasteiger partial charge in [-0.2, -0.15) is 5.21 Å². The van der Waals surface area contributed by atoms with Crippen LogP contribution in [0.25, 0.3) is 11.4 Å². The molecule has 1 aliphatic rings. The molecule has 1 saturated heterocycles. The number of piperidine rings is 1. The van der Waals surface area contributed by atoms with Gasteiger partial charge in [-0.05, 0) is 30.2 Å². The molecule has 16 heteroatoms. The molecule has 2 aromatic rings. The number of nitrogens with one attached hydrogen (secondary N) is 2. The molecular weight excluding hydrogens is 467 g/mol. The zero-order valence-corrected chi connectivity index (χ0v) is 18.8. The number of tetrazole rings is 1. The third-order valence-electron chi connectivity index (χ3n) is 5.16. The van der Waals surface area contributed by atoms with Crippen LogP contribution in [0.2, 0.25) is 0 Å². The van der Waals surface area contributed by atoms with Crippen LogP contribution in [0.4, 0.5) is 10.1 Å². The minimum atomic E-state index is -4.65. The van der Waals surface area contributed by atoms with Gasteiger partial charge in [-0.3, -0.25) is 0 Å². The molecule has 3 rings (SSSR count). The van der Waals surface area contributed by atoms with E-state index in [2.05, 4.69) is 25.3 Å². The molecule has 1 aromatic heterocycles. The Labute approximate surface area is 184 Å². The second-order valence-electron chi connectivity index (χ2n) is 7.40. The second kappa shape index (κ2) is 9.32. The average Bonchev–Trinajstić information content (AvgIpc) is 3.27. The Kier molecular flexibility index (Phi) is 7.11. The van der Waals surface area contributed by atoms with Crippen molar-refractivity contribution >= 4 is 25.7 Å². The summed E-state index contributed by atoms with van der Waals surface area (Å²) < 4.78 is 67.5. The van der Waals surface area contributed by atoms with E-state index >= 15 is 0 Å². The number of aliphatic hydroxyl groups is 1. The lowest BCUT2D eigenvalue weighted by Crippen LogP contribution is -2.48. The molecule has 1 fully saturated rings. The third kappa shape index (κ3) is 5.05. The van der Waals surface area contributed by atoms with Crippen molar-refractivity contribution in [3.8, 4) is 11.4 Å². The van der Waals surface area contributed by atoms with E-state index in [9.17, 15) is 26.3 Å². The van der Waals surface area contributed by atoms with Crippen molar-refractivity contribution in [2.45, 2.75) is 47.9 Å². The minimum Gasteiger partial charge on any atom is -0.392 e. The number of nitrogens with zero attached hydrogens (tertiary/aromatic N) is 4. The third-order valence-corrected chi connectivity index (χ3v) is 7.74. The van der Waals surface area contributed by atoms with Gasteiger partial charge in [-0.25, -0.2) is 31.1 Å². The topological polar surface area (TPSA) is 210 Å². The van der Waals surface area contributed by atoms with Gasteiger partial charge in [0.25, 0.3) is 0 Å². The Balaban J connectivity index is 2.23. The van der Waals surface area contributed by atoms with Crippen molar-refractivity contribution in [2.24, 2.45) is 10.9 Å². The standard InChI is InChI=1S/C16H25FN8O5S2/c1-2-9(26)7-20-32(29,30)13-4-3-12(25-6-5-11(18)10(17)8-25)14(15(13)31(19,27)28)16-21-23-24-22-16/h3-4,9-11,20,26H,2,5-8,18H2,1H3,(H2,19,27,28)(H,21,22,23,24). The van der Waals surface area contributed by atoms with Gasteiger partial charge < -0.3 is 15.7 Å². The molecular formula is C16H25FN8O5S2. The van der Waals surface area contributed by atoms with Gasteiger partial charge in [0.15, 0.2) is 0 Å². The van der Waals surface area contributed by atoms with Gasteiger partial charge in [-0.15, -0.1) is 10.2 Å². The quantitative estimate of drug-likeness (QED) is 0.286. The summed E-state index contributed by atoms with van der Waals surface area (Å²) in [5, 5.41) is 28.3. The number of anilines is 1. The average molecular weight is 493 g/mol.